The lowest BCUT2D eigenvalue weighted by Gasteiger charge is -2.45. The van der Waals surface area contributed by atoms with Gasteiger partial charge in [0, 0.05) is 38.6 Å². The molecule has 0 aromatic rings. The first-order valence-electron chi connectivity index (χ1n) is 10.9. The summed E-state index contributed by atoms with van der Waals surface area (Å²) >= 11 is 0. The number of sulfonamides is 1. The highest BCUT2D eigenvalue weighted by Crippen LogP contribution is 2.25. The van der Waals surface area contributed by atoms with Crippen molar-refractivity contribution in [1.29, 1.82) is 0 Å². The smallest absolute Gasteiger partial charge is 0.222 e. The normalized spacial score (nSPS) is 23.7. The summed E-state index contributed by atoms with van der Waals surface area (Å²) in [5.74, 6) is 0.676. The molecule has 0 aliphatic carbocycles. The summed E-state index contributed by atoms with van der Waals surface area (Å²) < 4.78 is 26.1. The summed E-state index contributed by atoms with van der Waals surface area (Å²) in [6.45, 7) is 11.2. The van der Waals surface area contributed by atoms with E-state index in [1.54, 1.807) is 4.31 Å². The Balaban J connectivity index is 1.43. The number of rotatable bonds is 8. The molecule has 0 unspecified atom stereocenters. The van der Waals surface area contributed by atoms with Crippen molar-refractivity contribution in [3.05, 3.63) is 0 Å². The minimum Gasteiger partial charge on any atom is -0.339 e. The fourth-order valence-corrected chi connectivity index (χ4v) is 5.84. The predicted molar refractivity (Wildman–Crippen MR) is 112 cm³/mol. The largest absolute Gasteiger partial charge is 0.339 e. The number of carbonyl (C=O) groups is 1. The molecular formula is C20H38N4O3S. The number of nitrogens with zero attached hydrogens (tertiary/aromatic N) is 4. The van der Waals surface area contributed by atoms with E-state index in [2.05, 4.69) is 23.6 Å². The molecule has 28 heavy (non-hydrogen) atoms. The Kier molecular flexibility index (Phi) is 7.39. The maximum Gasteiger partial charge on any atom is 0.222 e. The average Bonchev–Trinajstić information content (AvgIpc) is 3.09. The molecule has 3 saturated heterocycles. The molecule has 0 spiro atoms. The van der Waals surface area contributed by atoms with Gasteiger partial charge in [-0.1, -0.05) is 0 Å². The fourth-order valence-electron chi connectivity index (χ4n) is 4.76. The summed E-state index contributed by atoms with van der Waals surface area (Å²) in [7, 11) is -3.24. The monoisotopic (exact) mass is 414 g/mol. The molecule has 0 aromatic carbocycles. The van der Waals surface area contributed by atoms with Gasteiger partial charge in [0.15, 0.2) is 0 Å². The van der Waals surface area contributed by atoms with Crippen molar-refractivity contribution in [1.82, 2.24) is 19.0 Å². The minimum absolute atomic E-state index is 0.0515. The van der Waals surface area contributed by atoms with Gasteiger partial charge in [0.2, 0.25) is 15.9 Å². The second kappa shape index (κ2) is 9.41. The highest BCUT2D eigenvalue weighted by molar-refractivity contribution is 7.88. The number of piperidine rings is 1. The SMILES string of the molecule is CC(C)N1CCC(CC(=O)N2CC(N(CCN3CCCC3)S(C)(=O)=O)C2)CC1. The van der Waals surface area contributed by atoms with Gasteiger partial charge in [0.25, 0.3) is 0 Å². The standard InChI is InChI=1S/C20H38N4O3S/c1-17(2)22-10-6-18(7-11-22)14-20(25)23-15-19(16-23)24(28(3,26)27)13-12-21-8-4-5-9-21/h17-19H,4-16H2,1-3H3. The Bertz CT molecular complexity index is 619. The Morgan fingerprint density at radius 1 is 1.07 bits per heavy atom. The van der Waals surface area contributed by atoms with Crippen molar-refractivity contribution in [3.8, 4) is 0 Å². The van der Waals surface area contributed by atoms with Crippen LogP contribution in [-0.4, -0.2) is 104 Å². The van der Waals surface area contributed by atoms with Crippen LogP contribution in [0.1, 0.15) is 46.0 Å². The Labute approximate surface area is 171 Å². The quantitative estimate of drug-likeness (QED) is 0.594. The number of amides is 1. The third-order valence-electron chi connectivity index (χ3n) is 6.73. The molecule has 3 aliphatic rings. The summed E-state index contributed by atoms with van der Waals surface area (Å²) in [5.41, 5.74) is 0. The van der Waals surface area contributed by atoms with Crippen molar-refractivity contribution in [3.63, 3.8) is 0 Å². The number of carbonyl (C=O) groups excluding carboxylic acids is 1. The Hall–Kier alpha value is -0.700. The minimum atomic E-state index is -3.24. The van der Waals surface area contributed by atoms with Crippen LogP contribution in [0.15, 0.2) is 0 Å². The van der Waals surface area contributed by atoms with Gasteiger partial charge >= 0.3 is 0 Å². The van der Waals surface area contributed by atoms with Crippen LogP contribution in [-0.2, 0) is 14.8 Å². The van der Waals surface area contributed by atoms with E-state index in [0.717, 1.165) is 45.6 Å². The van der Waals surface area contributed by atoms with E-state index >= 15 is 0 Å². The van der Waals surface area contributed by atoms with Crippen molar-refractivity contribution >= 4 is 15.9 Å². The van der Waals surface area contributed by atoms with E-state index < -0.39 is 10.0 Å². The number of hydrogen-bond acceptors (Lipinski definition) is 5. The third-order valence-corrected chi connectivity index (χ3v) is 8.06. The second-order valence-electron chi connectivity index (χ2n) is 9.15. The lowest BCUT2D eigenvalue weighted by molar-refractivity contribution is -0.138. The first-order chi connectivity index (χ1) is 13.2. The highest BCUT2D eigenvalue weighted by atomic mass is 32.2. The van der Waals surface area contributed by atoms with Crippen LogP contribution in [0.3, 0.4) is 0 Å². The third kappa shape index (κ3) is 5.68. The van der Waals surface area contributed by atoms with E-state index in [1.807, 2.05) is 4.90 Å². The molecule has 3 heterocycles. The summed E-state index contributed by atoms with van der Waals surface area (Å²) in [6.07, 6.45) is 6.51. The second-order valence-corrected chi connectivity index (χ2v) is 11.1. The van der Waals surface area contributed by atoms with Gasteiger partial charge in [-0.3, -0.25) is 4.79 Å². The van der Waals surface area contributed by atoms with Crippen molar-refractivity contribution < 1.29 is 13.2 Å². The molecule has 0 atom stereocenters. The van der Waals surface area contributed by atoms with Crippen molar-refractivity contribution in [2.45, 2.75) is 58.0 Å². The van der Waals surface area contributed by atoms with E-state index in [0.29, 0.717) is 38.0 Å². The molecular weight excluding hydrogens is 376 g/mol. The van der Waals surface area contributed by atoms with Gasteiger partial charge in [-0.2, -0.15) is 4.31 Å². The highest BCUT2D eigenvalue weighted by Gasteiger charge is 2.39. The predicted octanol–water partition coefficient (Wildman–Crippen LogP) is 1.07. The molecule has 8 heteroatoms. The zero-order valence-electron chi connectivity index (χ0n) is 17.8. The lowest BCUT2D eigenvalue weighted by atomic mass is 9.91. The van der Waals surface area contributed by atoms with Crippen molar-refractivity contribution in [2.24, 2.45) is 5.92 Å². The van der Waals surface area contributed by atoms with Gasteiger partial charge in [-0.25, -0.2) is 8.42 Å². The maximum atomic E-state index is 12.6. The molecule has 0 radical (unpaired) electrons. The van der Waals surface area contributed by atoms with Gasteiger partial charge in [-0.05, 0) is 71.6 Å². The molecule has 3 fully saturated rings. The molecule has 0 N–H and O–H groups in total. The van der Waals surface area contributed by atoms with Crippen LogP contribution in [0.2, 0.25) is 0 Å². The van der Waals surface area contributed by atoms with E-state index in [-0.39, 0.29) is 11.9 Å². The summed E-state index contributed by atoms with van der Waals surface area (Å²) in [5, 5.41) is 0. The van der Waals surface area contributed by atoms with Crippen LogP contribution in [0.5, 0.6) is 0 Å². The molecule has 3 rings (SSSR count). The molecule has 1 amide bonds. The molecule has 162 valence electrons. The Morgan fingerprint density at radius 3 is 2.21 bits per heavy atom. The maximum absolute atomic E-state index is 12.6. The van der Waals surface area contributed by atoms with Crippen molar-refractivity contribution in [2.75, 3.05) is 58.6 Å². The van der Waals surface area contributed by atoms with Gasteiger partial charge < -0.3 is 14.7 Å². The van der Waals surface area contributed by atoms with Crippen LogP contribution in [0, 0.1) is 5.92 Å². The Morgan fingerprint density at radius 2 is 1.68 bits per heavy atom. The number of hydrogen-bond donors (Lipinski definition) is 0. The fraction of sp³-hybridized carbons (Fsp3) is 0.950. The van der Waals surface area contributed by atoms with Crippen LogP contribution >= 0.6 is 0 Å². The first kappa shape index (κ1) is 22.0. The number of likely N-dealkylation sites (tertiary alicyclic amines) is 3. The van der Waals surface area contributed by atoms with Gasteiger partial charge in [0.1, 0.15) is 0 Å². The lowest BCUT2D eigenvalue weighted by Crippen LogP contribution is -2.63. The van der Waals surface area contributed by atoms with Crippen LogP contribution in [0.25, 0.3) is 0 Å². The van der Waals surface area contributed by atoms with E-state index in [4.69, 9.17) is 0 Å². The molecule has 0 saturated carbocycles. The molecule has 3 aliphatic heterocycles. The van der Waals surface area contributed by atoms with Crippen LogP contribution < -0.4 is 0 Å². The van der Waals surface area contributed by atoms with E-state index in [1.165, 1.54) is 19.1 Å². The van der Waals surface area contributed by atoms with Crippen LogP contribution in [0.4, 0.5) is 0 Å². The molecule has 0 aromatic heterocycles. The zero-order valence-corrected chi connectivity index (χ0v) is 18.7. The zero-order chi connectivity index (χ0) is 20.3. The summed E-state index contributed by atoms with van der Waals surface area (Å²) in [6, 6.07) is 0.527. The first-order valence-corrected chi connectivity index (χ1v) is 12.8. The van der Waals surface area contributed by atoms with Gasteiger partial charge in [0.05, 0.1) is 12.3 Å². The molecule has 7 nitrogen and oxygen atoms in total. The average molecular weight is 415 g/mol. The summed E-state index contributed by atoms with van der Waals surface area (Å²) in [4.78, 5) is 19.3. The topological polar surface area (TPSA) is 64.2 Å². The molecule has 0 bridgehead atoms. The van der Waals surface area contributed by atoms with Gasteiger partial charge in [-0.15, -0.1) is 0 Å². The van der Waals surface area contributed by atoms with E-state index in [9.17, 15) is 13.2 Å².